The Bertz CT molecular complexity index is 358. The van der Waals surface area contributed by atoms with Gasteiger partial charge in [0.15, 0.2) is 0 Å². The summed E-state index contributed by atoms with van der Waals surface area (Å²) in [4.78, 5) is 8.68. The second-order valence-corrected chi connectivity index (χ2v) is 5.24. The van der Waals surface area contributed by atoms with E-state index in [0.717, 1.165) is 23.7 Å². The highest BCUT2D eigenvalue weighted by atomic mass is 32.2. The van der Waals surface area contributed by atoms with Crippen LogP contribution >= 0.6 is 11.8 Å². The fourth-order valence-corrected chi connectivity index (χ4v) is 2.81. The quantitative estimate of drug-likeness (QED) is 0.796. The number of hydrogen-bond acceptors (Lipinski definition) is 5. The lowest BCUT2D eigenvalue weighted by molar-refractivity contribution is 0.324. The number of nitrogens with two attached hydrogens (primary N) is 1. The van der Waals surface area contributed by atoms with Gasteiger partial charge in [0.05, 0.1) is 5.69 Å². The first-order chi connectivity index (χ1) is 8.31. The van der Waals surface area contributed by atoms with Crippen molar-refractivity contribution in [3.63, 3.8) is 0 Å². The normalized spacial score (nSPS) is 24.8. The first-order valence-corrected chi connectivity index (χ1v) is 7.36. The lowest BCUT2D eigenvalue weighted by Crippen LogP contribution is -2.46. The Morgan fingerprint density at radius 3 is 2.88 bits per heavy atom. The van der Waals surface area contributed by atoms with E-state index in [2.05, 4.69) is 15.3 Å². The maximum atomic E-state index is 6.11. The second-order valence-electron chi connectivity index (χ2n) is 4.45. The van der Waals surface area contributed by atoms with Crippen LogP contribution in [0, 0.1) is 0 Å². The van der Waals surface area contributed by atoms with Crippen molar-refractivity contribution in [1.29, 1.82) is 0 Å². The molecule has 0 radical (unpaired) electrons. The largest absolute Gasteiger partial charge is 0.326 e. The molecule has 2 atom stereocenters. The van der Waals surface area contributed by atoms with Gasteiger partial charge < -0.3 is 11.1 Å². The van der Waals surface area contributed by atoms with Gasteiger partial charge in [0.2, 0.25) is 0 Å². The summed E-state index contributed by atoms with van der Waals surface area (Å²) < 4.78 is 0. The highest BCUT2D eigenvalue weighted by Gasteiger charge is 2.21. The molecule has 0 saturated heterocycles. The Morgan fingerprint density at radius 1 is 1.35 bits per heavy atom. The summed E-state index contributed by atoms with van der Waals surface area (Å²) in [5, 5.41) is 4.53. The predicted octanol–water partition coefficient (Wildman–Crippen LogP) is 1.56. The number of rotatable bonds is 4. The van der Waals surface area contributed by atoms with Gasteiger partial charge in [0.1, 0.15) is 5.03 Å². The lowest BCUT2D eigenvalue weighted by atomic mass is 9.91. The van der Waals surface area contributed by atoms with Gasteiger partial charge in [-0.1, -0.05) is 12.8 Å². The molecule has 1 aromatic heterocycles. The molecule has 0 aromatic carbocycles. The molecular weight excluding hydrogens is 232 g/mol. The minimum atomic E-state index is 0.290. The van der Waals surface area contributed by atoms with Gasteiger partial charge in [-0.15, -0.1) is 11.8 Å². The van der Waals surface area contributed by atoms with E-state index in [9.17, 15) is 0 Å². The molecule has 17 heavy (non-hydrogen) atoms. The van der Waals surface area contributed by atoms with E-state index in [1.54, 1.807) is 24.2 Å². The van der Waals surface area contributed by atoms with Gasteiger partial charge in [-0.25, -0.2) is 4.98 Å². The van der Waals surface area contributed by atoms with Gasteiger partial charge in [-0.2, -0.15) is 0 Å². The molecule has 5 heteroatoms. The Labute approximate surface area is 107 Å². The number of nitrogens with one attached hydrogen (secondary N) is 1. The highest BCUT2D eigenvalue weighted by Crippen LogP contribution is 2.18. The van der Waals surface area contributed by atoms with E-state index in [1.807, 2.05) is 6.26 Å². The smallest absolute Gasteiger partial charge is 0.119 e. The van der Waals surface area contributed by atoms with Crippen LogP contribution in [0.4, 0.5) is 0 Å². The molecule has 1 aliphatic rings. The van der Waals surface area contributed by atoms with Gasteiger partial charge in [0, 0.05) is 31.0 Å². The first kappa shape index (κ1) is 12.8. The van der Waals surface area contributed by atoms with Crippen LogP contribution in [0.15, 0.2) is 17.4 Å². The summed E-state index contributed by atoms with van der Waals surface area (Å²) in [7, 11) is 0. The van der Waals surface area contributed by atoms with Crippen LogP contribution in [0.1, 0.15) is 31.4 Å². The van der Waals surface area contributed by atoms with Crippen LogP contribution in [-0.4, -0.2) is 28.3 Å². The highest BCUT2D eigenvalue weighted by molar-refractivity contribution is 7.98. The predicted molar refractivity (Wildman–Crippen MR) is 70.9 cm³/mol. The summed E-state index contributed by atoms with van der Waals surface area (Å²) in [5.74, 6) is 0. The third-order valence-electron chi connectivity index (χ3n) is 3.28. The summed E-state index contributed by atoms with van der Waals surface area (Å²) in [5.41, 5.74) is 7.14. The van der Waals surface area contributed by atoms with Crippen LogP contribution in [-0.2, 0) is 6.54 Å². The molecule has 1 aliphatic carbocycles. The molecule has 0 spiro atoms. The number of thioether (sulfide) groups is 1. The standard InChI is InChI=1S/C12H20N4S/c1-17-12-11(14-6-7-15-12)8-16-10-5-3-2-4-9(10)13/h6-7,9-10,16H,2-5,8,13H2,1H3/t9-,10-/m1/s1. The van der Waals surface area contributed by atoms with Gasteiger partial charge in [-0.3, -0.25) is 4.98 Å². The summed E-state index contributed by atoms with van der Waals surface area (Å²) in [6.07, 6.45) is 10.4. The maximum Gasteiger partial charge on any atom is 0.119 e. The zero-order valence-corrected chi connectivity index (χ0v) is 11.0. The van der Waals surface area contributed by atoms with Crippen molar-refractivity contribution in [2.24, 2.45) is 5.73 Å². The van der Waals surface area contributed by atoms with Crippen molar-refractivity contribution in [2.45, 2.75) is 49.3 Å². The van der Waals surface area contributed by atoms with E-state index in [-0.39, 0.29) is 6.04 Å². The molecule has 0 unspecified atom stereocenters. The molecular formula is C12H20N4S. The molecule has 0 bridgehead atoms. The van der Waals surface area contributed by atoms with Crippen LogP contribution in [0.5, 0.6) is 0 Å². The van der Waals surface area contributed by atoms with Crippen molar-refractivity contribution in [2.75, 3.05) is 6.26 Å². The van der Waals surface area contributed by atoms with Crippen molar-refractivity contribution >= 4 is 11.8 Å². The zero-order chi connectivity index (χ0) is 12.1. The monoisotopic (exact) mass is 252 g/mol. The minimum Gasteiger partial charge on any atom is -0.326 e. The Morgan fingerprint density at radius 2 is 2.12 bits per heavy atom. The Kier molecular flexibility index (Phi) is 4.76. The Balaban J connectivity index is 1.92. The van der Waals surface area contributed by atoms with E-state index < -0.39 is 0 Å². The molecule has 0 aliphatic heterocycles. The maximum absolute atomic E-state index is 6.11. The average Bonchev–Trinajstić information content (AvgIpc) is 2.38. The first-order valence-electron chi connectivity index (χ1n) is 6.14. The average molecular weight is 252 g/mol. The van der Waals surface area contributed by atoms with E-state index in [1.165, 1.54) is 19.3 Å². The summed E-state index contributed by atoms with van der Waals surface area (Å²) >= 11 is 1.64. The van der Waals surface area contributed by atoms with Gasteiger partial charge in [-0.05, 0) is 19.1 Å². The van der Waals surface area contributed by atoms with Crippen molar-refractivity contribution in [3.8, 4) is 0 Å². The molecule has 1 heterocycles. The van der Waals surface area contributed by atoms with Gasteiger partial charge >= 0.3 is 0 Å². The van der Waals surface area contributed by atoms with E-state index in [4.69, 9.17) is 5.73 Å². The van der Waals surface area contributed by atoms with Crippen molar-refractivity contribution in [1.82, 2.24) is 15.3 Å². The number of hydrogen-bond donors (Lipinski definition) is 2. The third kappa shape index (κ3) is 3.40. The molecule has 0 amide bonds. The van der Waals surface area contributed by atoms with Crippen molar-refractivity contribution < 1.29 is 0 Å². The molecule has 1 saturated carbocycles. The minimum absolute atomic E-state index is 0.290. The summed E-state index contributed by atoms with van der Waals surface area (Å²) in [6, 6.07) is 0.721. The summed E-state index contributed by atoms with van der Waals surface area (Å²) in [6.45, 7) is 0.766. The van der Waals surface area contributed by atoms with E-state index in [0.29, 0.717) is 6.04 Å². The zero-order valence-electron chi connectivity index (χ0n) is 10.2. The molecule has 94 valence electrons. The fourth-order valence-electron chi connectivity index (χ4n) is 2.29. The molecule has 1 aromatic rings. The molecule has 3 N–H and O–H groups in total. The number of nitrogens with zero attached hydrogens (tertiary/aromatic N) is 2. The number of aromatic nitrogens is 2. The van der Waals surface area contributed by atoms with Crippen molar-refractivity contribution in [3.05, 3.63) is 18.1 Å². The van der Waals surface area contributed by atoms with Crippen LogP contribution in [0.25, 0.3) is 0 Å². The Hall–Kier alpha value is -0.650. The van der Waals surface area contributed by atoms with E-state index >= 15 is 0 Å². The van der Waals surface area contributed by atoms with Crippen LogP contribution < -0.4 is 11.1 Å². The third-order valence-corrected chi connectivity index (χ3v) is 4.01. The van der Waals surface area contributed by atoms with Crippen LogP contribution in [0.3, 0.4) is 0 Å². The molecule has 2 rings (SSSR count). The van der Waals surface area contributed by atoms with Gasteiger partial charge in [0.25, 0.3) is 0 Å². The molecule has 4 nitrogen and oxygen atoms in total. The second kappa shape index (κ2) is 6.33. The van der Waals surface area contributed by atoms with Crippen LogP contribution in [0.2, 0.25) is 0 Å². The fraction of sp³-hybridized carbons (Fsp3) is 0.667. The lowest BCUT2D eigenvalue weighted by Gasteiger charge is -2.29. The SMILES string of the molecule is CSc1nccnc1CN[C@@H]1CCCC[C@H]1N. The molecule has 1 fully saturated rings. The topological polar surface area (TPSA) is 63.8 Å².